The summed E-state index contributed by atoms with van der Waals surface area (Å²) >= 11 is 7.61. The smallest absolute Gasteiger partial charge is 0.253 e. The van der Waals surface area contributed by atoms with Crippen LogP contribution >= 0.6 is 22.9 Å². The van der Waals surface area contributed by atoms with E-state index in [2.05, 4.69) is 11.0 Å². The van der Waals surface area contributed by atoms with Gasteiger partial charge in [0.2, 0.25) is 0 Å². The van der Waals surface area contributed by atoms with Gasteiger partial charge in [-0.05, 0) is 29.8 Å². The second-order valence-corrected chi connectivity index (χ2v) is 7.71. The van der Waals surface area contributed by atoms with Crippen molar-refractivity contribution >= 4 is 28.8 Å². The first-order valence-corrected chi connectivity index (χ1v) is 9.19. The van der Waals surface area contributed by atoms with Crippen molar-refractivity contribution in [3.63, 3.8) is 0 Å². The number of hydrogen-bond donors (Lipinski definition) is 0. The molecule has 0 radical (unpaired) electrons. The molecular formula is C18H21ClN2O2S. The first kappa shape index (κ1) is 17.4. The third-order valence-corrected chi connectivity index (χ3v) is 5.37. The molecule has 6 heteroatoms. The second kappa shape index (κ2) is 8.12. The maximum absolute atomic E-state index is 12.7. The average Bonchev–Trinajstić information content (AvgIpc) is 3.00. The van der Waals surface area contributed by atoms with Crippen LogP contribution in [0.15, 0.2) is 36.4 Å². The summed E-state index contributed by atoms with van der Waals surface area (Å²) in [6.45, 7) is 4.72. The van der Waals surface area contributed by atoms with Crippen molar-refractivity contribution in [2.45, 2.75) is 13.2 Å². The number of nitrogens with zero attached hydrogens (tertiary/aromatic N) is 2. The molecule has 0 aliphatic carbocycles. The van der Waals surface area contributed by atoms with E-state index in [1.54, 1.807) is 18.4 Å². The van der Waals surface area contributed by atoms with E-state index in [0.29, 0.717) is 6.61 Å². The lowest BCUT2D eigenvalue weighted by Gasteiger charge is -2.34. The van der Waals surface area contributed by atoms with E-state index in [-0.39, 0.29) is 5.91 Å². The molecule has 128 valence electrons. The van der Waals surface area contributed by atoms with Crippen LogP contribution in [0.5, 0.6) is 0 Å². The van der Waals surface area contributed by atoms with Gasteiger partial charge in [-0.25, -0.2) is 0 Å². The van der Waals surface area contributed by atoms with Gasteiger partial charge in [-0.2, -0.15) is 0 Å². The molecule has 1 aliphatic rings. The summed E-state index contributed by atoms with van der Waals surface area (Å²) in [6.07, 6.45) is 0. The lowest BCUT2D eigenvalue weighted by atomic mass is 10.1. The molecule has 0 N–H and O–H groups in total. The van der Waals surface area contributed by atoms with Crippen molar-refractivity contribution in [3.05, 3.63) is 56.7 Å². The van der Waals surface area contributed by atoms with Gasteiger partial charge in [0, 0.05) is 50.3 Å². The predicted molar refractivity (Wildman–Crippen MR) is 97.7 cm³/mol. The molecule has 1 aromatic carbocycles. The van der Waals surface area contributed by atoms with Crippen molar-refractivity contribution in [2.24, 2.45) is 0 Å². The third kappa shape index (κ3) is 4.36. The Morgan fingerprint density at radius 1 is 1.21 bits per heavy atom. The molecule has 0 saturated carbocycles. The molecule has 3 rings (SSSR count). The van der Waals surface area contributed by atoms with Gasteiger partial charge in [-0.1, -0.05) is 23.7 Å². The van der Waals surface area contributed by atoms with Crippen LogP contribution in [0.2, 0.25) is 4.34 Å². The molecule has 2 aromatic rings. The minimum Gasteiger partial charge on any atom is -0.380 e. The van der Waals surface area contributed by atoms with Crippen LogP contribution in [0, 0.1) is 0 Å². The highest BCUT2D eigenvalue weighted by Crippen LogP contribution is 2.23. The van der Waals surface area contributed by atoms with Crippen LogP contribution in [0.25, 0.3) is 0 Å². The molecule has 1 amide bonds. The number of hydrogen-bond acceptors (Lipinski definition) is 4. The Hall–Kier alpha value is -1.40. The van der Waals surface area contributed by atoms with Gasteiger partial charge in [-0.3, -0.25) is 9.69 Å². The summed E-state index contributed by atoms with van der Waals surface area (Å²) in [6, 6.07) is 11.7. The first-order chi connectivity index (χ1) is 11.7. The maximum Gasteiger partial charge on any atom is 0.253 e. The van der Waals surface area contributed by atoms with Crippen LogP contribution in [0.3, 0.4) is 0 Å². The van der Waals surface area contributed by atoms with Gasteiger partial charge in [0.25, 0.3) is 5.91 Å². The van der Waals surface area contributed by atoms with E-state index < -0.39 is 0 Å². The van der Waals surface area contributed by atoms with Crippen LogP contribution in [0.1, 0.15) is 20.8 Å². The topological polar surface area (TPSA) is 32.8 Å². The van der Waals surface area contributed by atoms with Crippen molar-refractivity contribution in [1.29, 1.82) is 0 Å². The van der Waals surface area contributed by atoms with E-state index in [9.17, 15) is 4.79 Å². The van der Waals surface area contributed by atoms with Gasteiger partial charge in [0.1, 0.15) is 0 Å². The zero-order valence-electron chi connectivity index (χ0n) is 13.7. The van der Waals surface area contributed by atoms with Gasteiger partial charge in [0.05, 0.1) is 10.9 Å². The fourth-order valence-electron chi connectivity index (χ4n) is 2.91. The van der Waals surface area contributed by atoms with E-state index >= 15 is 0 Å². The molecule has 0 spiro atoms. The summed E-state index contributed by atoms with van der Waals surface area (Å²) in [5, 5.41) is 0. The molecule has 0 atom stereocenters. The van der Waals surface area contributed by atoms with Crippen molar-refractivity contribution in [3.8, 4) is 0 Å². The lowest BCUT2D eigenvalue weighted by molar-refractivity contribution is 0.0629. The number of ether oxygens (including phenoxy) is 1. The van der Waals surface area contributed by atoms with Crippen LogP contribution in [0.4, 0.5) is 0 Å². The molecule has 4 nitrogen and oxygen atoms in total. The Balaban J connectivity index is 1.56. The SMILES string of the molecule is COCc1cccc(C(=O)N2CCN(Cc3ccc(Cl)s3)CC2)c1. The quantitative estimate of drug-likeness (QED) is 0.814. The number of carbonyl (C=O) groups is 1. The number of methoxy groups -OCH3 is 1. The van der Waals surface area contributed by atoms with E-state index in [0.717, 1.165) is 48.2 Å². The van der Waals surface area contributed by atoms with Crippen molar-refractivity contribution in [2.75, 3.05) is 33.3 Å². The standard InChI is InChI=1S/C18H21ClN2O2S/c1-23-13-14-3-2-4-15(11-14)18(22)21-9-7-20(8-10-21)12-16-5-6-17(19)24-16/h2-6,11H,7-10,12-13H2,1H3. The Morgan fingerprint density at radius 2 is 2.00 bits per heavy atom. The average molecular weight is 365 g/mol. The second-order valence-electron chi connectivity index (χ2n) is 5.91. The van der Waals surface area contributed by atoms with E-state index in [1.165, 1.54) is 4.88 Å². The number of amides is 1. The zero-order chi connectivity index (χ0) is 16.9. The fraction of sp³-hybridized carbons (Fsp3) is 0.389. The summed E-state index contributed by atoms with van der Waals surface area (Å²) < 4.78 is 5.97. The molecule has 1 fully saturated rings. The summed E-state index contributed by atoms with van der Waals surface area (Å²) in [5.74, 6) is 0.103. The van der Waals surface area contributed by atoms with E-state index in [4.69, 9.17) is 16.3 Å². The Kier molecular flexibility index (Phi) is 5.89. The lowest BCUT2D eigenvalue weighted by Crippen LogP contribution is -2.48. The van der Waals surface area contributed by atoms with Crippen molar-refractivity contribution in [1.82, 2.24) is 9.80 Å². The van der Waals surface area contributed by atoms with E-state index in [1.807, 2.05) is 35.2 Å². The molecule has 2 heterocycles. The minimum atomic E-state index is 0.103. The van der Waals surface area contributed by atoms with Gasteiger partial charge in [0.15, 0.2) is 0 Å². The highest BCUT2D eigenvalue weighted by Gasteiger charge is 2.22. The van der Waals surface area contributed by atoms with Gasteiger partial charge in [-0.15, -0.1) is 11.3 Å². The summed E-state index contributed by atoms with van der Waals surface area (Å²) in [5.41, 5.74) is 1.76. The zero-order valence-corrected chi connectivity index (χ0v) is 15.3. The Bertz CT molecular complexity index is 696. The fourth-order valence-corrected chi connectivity index (χ4v) is 4.04. The summed E-state index contributed by atoms with van der Waals surface area (Å²) in [7, 11) is 1.66. The highest BCUT2D eigenvalue weighted by atomic mass is 35.5. The number of carbonyl (C=O) groups excluding carboxylic acids is 1. The Morgan fingerprint density at radius 3 is 2.67 bits per heavy atom. The molecule has 0 bridgehead atoms. The third-order valence-electron chi connectivity index (χ3n) is 4.15. The number of halogens is 1. The minimum absolute atomic E-state index is 0.103. The highest BCUT2D eigenvalue weighted by molar-refractivity contribution is 7.16. The number of rotatable bonds is 5. The largest absolute Gasteiger partial charge is 0.380 e. The molecule has 1 saturated heterocycles. The molecule has 1 aliphatic heterocycles. The monoisotopic (exact) mass is 364 g/mol. The molecule has 24 heavy (non-hydrogen) atoms. The molecular weight excluding hydrogens is 344 g/mol. The number of benzene rings is 1. The van der Waals surface area contributed by atoms with Crippen LogP contribution in [-0.2, 0) is 17.9 Å². The van der Waals surface area contributed by atoms with Gasteiger partial charge >= 0.3 is 0 Å². The molecule has 0 unspecified atom stereocenters. The number of piperazine rings is 1. The first-order valence-electron chi connectivity index (χ1n) is 7.99. The predicted octanol–water partition coefficient (Wildman–Crippen LogP) is 3.51. The van der Waals surface area contributed by atoms with Gasteiger partial charge < -0.3 is 9.64 Å². The van der Waals surface area contributed by atoms with Crippen molar-refractivity contribution < 1.29 is 9.53 Å². The summed E-state index contributed by atoms with van der Waals surface area (Å²) in [4.78, 5) is 18.2. The maximum atomic E-state index is 12.7. The van der Waals surface area contributed by atoms with Crippen LogP contribution in [-0.4, -0.2) is 49.0 Å². The number of thiophene rings is 1. The molecule has 1 aromatic heterocycles. The normalized spacial score (nSPS) is 15.7. The Labute approximate surface area is 151 Å². The van der Waals surface area contributed by atoms with Crippen LogP contribution < -0.4 is 0 Å².